The minimum atomic E-state index is -0.0736. The van der Waals surface area contributed by atoms with Gasteiger partial charge in [0.25, 0.3) is 0 Å². The highest BCUT2D eigenvalue weighted by Crippen LogP contribution is 2.28. The molecule has 19 heavy (non-hydrogen) atoms. The van der Waals surface area contributed by atoms with Gasteiger partial charge in [-0.1, -0.05) is 44.2 Å². The maximum atomic E-state index is 9.57. The number of rotatable bonds is 4. The first-order valence-corrected chi connectivity index (χ1v) is 7.50. The van der Waals surface area contributed by atoms with Crippen molar-refractivity contribution in [2.45, 2.75) is 70.1 Å². The molecule has 2 N–H and O–H groups in total. The standard InChI is InChI=1S/C17H27NO/c1-13(18-15-9-11-16(19)12-10-15)17(2,3)14-7-5-4-6-8-14/h4-8,13,15-16,18-19H,9-12H2,1-3H3. The van der Waals surface area contributed by atoms with Crippen molar-refractivity contribution in [1.29, 1.82) is 0 Å². The summed E-state index contributed by atoms with van der Waals surface area (Å²) in [6, 6.07) is 11.7. The van der Waals surface area contributed by atoms with Crippen LogP contribution >= 0.6 is 0 Å². The van der Waals surface area contributed by atoms with E-state index < -0.39 is 0 Å². The third-order valence-corrected chi connectivity index (χ3v) is 4.78. The Morgan fingerprint density at radius 3 is 2.26 bits per heavy atom. The zero-order chi connectivity index (χ0) is 13.9. The van der Waals surface area contributed by atoms with Crippen molar-refractivity contribution >= 4 is 0 Å². The Morgan fingerprint density at radius 2 is 1.68 bits per heavy atom. The van der Waals surface area contributed by atoms with Crippen molar-refractivity contribution in [3.8, 4) is 0 Å². The van der Waals surface area contributed by atoms with Crippen LogP contribution in [-0.2, 0) is 5.41 Å². The average molecular weight is 261 g/mol. The zero-order valence-electron chi connectivity index (χ0n) is 12.4. The molecule has 0 radical (unpaired) electrons. The van der Waals surface area contributed by atoms with E-state index in [1.54, 1.807) is 0 Å². The van der Waals surface area contributed by atoms with E-state index in [1.807, 2.05) is 0 Å². The molecule has 106 valence electrons. The molecule has 2 rings (SSSR count). The van der Waals surface area contributed by atoms with Gasteiger partial charge in [0.1, 0.15) is 0 Å². The van der Waals surface area contributed by atoms with Gasteiger partial charge in [0.15, 0.2) is 0 Å². The van der Waals surface area contributed by atoms with Gasteiger partial charge in [-0.15, -0.1) is 0 Å². The molecule has 1 aliphatic rings. The van der Waals surface area contributed by atoms with Crippen LogP contribution in [0.5, 0.6) is 0 Å². The van der Waals surface area contributed by atoms with Crippen molar-refractivity contribution in [3.63, 3.8) is 0 Å². The second-order valence-electron chi connectivity index (χ2n) is 6.48. The molecular weight excluding hydrogens is 234 g/mol. The predicted octanol–water partition coefficient (Wildman–Crippen LogP) is 3.25. The Kier molecular flexibility index (Phi) is 4.64. The van der Waals surface area contributed by atoms with Crippen molar-refractivity contribution in [1.82, 2.24) is 5.32 Å². The Bertz CT molecular complexity index is 380. The fraction of sp³-hybridized carbons (Fsp3) is 0.647. The third kappa shape index (κ3) is 3.58. The van der Waals surface area contributed by atoms with Crippen LogP contribution in [0.4, 0.5) is 0 Å². The fourth-order valence-electron chi connectivity index (χ4n) is 2.92. The summed E-state index contributed by atoms with van der Waals surface area (Å²) in [5.74, 6) is 0. The van der Waals surface area contributed by atoms with E-state index in [0.717, 1.165) is 25.7 Å². The first-order valence-electron chi connectivity index (χ1n) is 7.50. The van der Waals surface area contributed by atoms with Crippen LogP contribution in [0, 0.1) is 0 Å². The van der Waals surface area contributed by atoms with Crippen molar-refractivity contribution in [3.05, 3.63) is 35.9 Å². The van der Waals surface area contributed by atoms with Crippen LogP contribution in [0.1, 0.15) is 52.0 Å². The molecule has 0 aromatic heterocycles. The lowest BCUT2D eigenvalue weighted by Crippen LogP contribution is -2.48. The smallest absolute Gasteiger partial charge is 0.0541 e. The molecule has 1 aromatic rings. The summed E-state index contributed by atoms with van der Waals surface area (Å²) in [6.45, 7) is 6.88. The van der Waals surface area contributed by atoms with Crippen molar-refractivity contribution in [2.75, 3.05) is 0 Å². The highest BCUT2D eigenvalue weighted by molar-refractivity contribution is 5.25. The molecule has 2 heteroatoms. The van der Waals surface area contributed by atoms with Crippen LogP contribution in [0.15, 0.2) is 30.3 Å². The number of aliphatic hydroxyl groups excluding tert-OH is 1. The number of hydrogen-bond donors (Lipinski definition) is 2. The molecule has 1 fully saturated rings. The summed E-state index contributed by atoms with van der Waals surface area (Å²) >= 11 is 0. The second kappa shape index (κ2) is 6.06. The minimum absolute atomic E-state index is 0.0736. The predicted molar refractivity (Wildman–Crippen MR) is 80.3 cm³/mol. The molecular formula is C17H27NO. The average Bonchev–Trinajstić information content (AvgIpc) is 2.42. The molecule has 1 saturated carbocycles. The lowest BCUT2D eigenvalue weighted by atomic mass is 9.77. The summed E-state index contributed by atoms with van der Waals surface area (Å²) in [7, 11) is 0. The van der Waals surface area contributed by atoms with Crippen LogP contribution in [-0.4, -0.2) is 23.3 Å². The van der Waals surface area contributed by atoms with Crippen molar-refractivity contribution in [2.24, 2.45) is 0 Å². The highest BCUT2D eigenvalue weighted by Gasteiger charge is 2.30. The Balaban J connectivity index is 1.97. The summed E-state index contributed by atoms with van der Waals surface area (Å²) < 4.78 is 0. The first kappa shape index (κ1) is 14.5. The maximum Gasteiger partial charge on any atom is 0.0541 e. The van der Waals surface area contributed by atoms with Gasteiger partial charge in [-0.05, 0) is 38.2 Å². The molecule has 0 aliphatic heterocycles. The molecule has 2 nitrogen and oxygen atoms in total. The van der Waals surface area contributed by atoms with Crippen LogP contribution in [0.3, 0.4) is 0 Å². The van der Waals surface area contributed by atoms with Crippen LogP contribution < -0.4 is 5.32 Å². The fourth-order valence-corrected chi connectivity index (χ4v) is 2.92. The SMILES string of the molecule is CC(NC1CCC(O)CC1)C(C)(C)c1ccccc1. The zero-order valence-corrected chi connectivity index (χ0v) is 12.4. The van der Waals surface area contributed by atoms with E-state index in [1.165, 1.54) is 5.56 Å². The van der Waals surface area contributed by atoms with Crippen LogP contribution in [0.2, 0.25) is 0 Å². The molecule has 1 aromatic carbocycles. The monoisotopic (exact) mass is 261 g/mol. The molecule has 0 heterocycles. The van der Waals surface area contributed by atoms with Gasteiger partial charge >= 0.3 is 0 Å². The van der Waals surface area contributed by atoms with Gasteiger partial charge in [0.2, 0.25) is 0 Å². The summed E-state index contributed by atoms with van der Waals surface area (Å²) in [5, 5.41) is 13.3. The molecule has 0 bridgehead atoms. The van der Waals surface area contributed by atoms with E-state index in [-0.39, 0.29) is 11.5 Å². The van der Waals surface area contributed by atoms with E-state index in [9.17, 15) is 5.11 Å². The molecule has 1 atom stereocenters. The number of benzene rings is 1. The quantitative estimate of drug-likeness (QED) is 0.872. The van der Waals surface area contributed by atoms with E-state index >= 15 is 0 Å². The maximum absolute atomic E-state index is 9.57. The molecule has 0 amide bonds. The third-order valence-electron chi connectivity index (χ3n) is 4.78. The van der Waals surface area contributed by atoms with Gasteiger partial charge in [0, 0.05) is 17.5 Å². The summed E-state index contributed by atoms with van der Waals surface area (Å²) in [5.41, 5.74) is 1.50. The Morgan fingerprint density at radius 1 is 1.11 bits per heavy atom. The van der Waals surface area contributed by atoms with E-state index in [4.69, 9.17) is 0 Å². The lowest BCUT2D eigenvalue weighted by Gasteiger charge is -2.37. The number of hydrogen-bond acceptors (Lipinski definition) is 2. The largest absolute Gasteiger partial charge is 0.393 e. The normalized spacial score (nSPS) is 26.1. The van der Waals surface area contributed by atoms with Crippen LogP contribution in [0.25, 0.3) is 0 Å². The van der Waals surface area contributed by atoms with Gasteiger partial charge in [0.05, 0.1) is 6.10 Å². The first-order chi connectivity index (χ1) is 9.00. The molecule has 1 unspecified atom stereocenters. The van der Waals surface area contributed by atoms with Gasteiger partial charge < -0.3 is 10.4 Å². The second-order valence-corrected chi connectivity index (χ2v) is 6.48. The molecule has 1 aliphatic carbocycles. The minimum Gasteiger partial charge on any atom is -0.393 e. The molecule has 0 spiro atoms. The van der Waals surface area contributed by atoms with Gasteiger partial charge in [-0.2, -0.15) is 0 Å². The highest BCUT2D eigenvalue weighted by atomic mass is 16.3. The summed E-state index contributed by atoms with van der Waals surface area (Å²) in [6.07, 6.45) is 3.99. The summed E-state index contributed by atoms with van der Waals surface area (Å²) in [4.78, 5) is 0. The number of nitrogens with one attached hydrogen (secondary N) is 1. The van der Waals surface area contributed by atoms with Gasteiger partial charge in [-0.25, -0.2) is 0 Å². The van der Waals surface area contributed by atoms with E-state index in [0.29, 0.717) is 12.1 Å². The topological polar surface area (TPSA) is 32.3 Å². The molecule has 0 saturated heterocycles. The number of aliphatic hydroxyl groups is 1. The van der Waals surface area contributed by atoms with E-state index in [2.05, 4.69) is 56.4 Å². The lowest BCUT2D eigenvalue weighted by molar-refractivity contribution is 0.112. The van der Waals surface area contributed by atoms with Crippen molar-refractivity contribution < 1.29 is 5.11 Å². The Labute approximate surface area is 117 Å². The van der Waals surface area contributed by atoms with Gasteiger partial charge in [-0.3, -0.25) is 0 Å². The Hall–Kier alpha value is -0.860.